The van der Waals surface area contributed by atoms with Gasteiger partial charge in [-0.3, -0.25) is 9.59 Å². The summed E-state index contributed by atoms with van der Waals surface area (Å²) >= 11 is 1.67. The highest BCUT2D eigenvalue weighted by atomic mass is 32.2. The Labute approximate surface area is 175 Å². The number of hydrogen-bond donors (Lipinski definition) is 1. The first-order chi connectivity index (χ1) is 14.2. The van der Waals surface area contributed by atoms with Crippen LogP contribution in [0.2, 0.25) is 0 Å². The van der Waals surface area contributed by atoms with Crippen molar-refractivity contribution in [3.63, 3.8) is 0 Å². The smallest absolute Gasteiger partial charge is 0.222 e. The molecule has 0 saturated carbocycles. The lowest BCUT2D eigenvalue weighted by Crippen LogP contribution is -2.42. The molecule has 1 unspecified atom stereocenters. The largest absolute Gasteiger partial charge is 0.361 e. The first-order valence-corrected chi connectivity index (χ1v) is 11.4. The van der Waals surface area contributed by atoms with Gasteiger partial charge in [0.1, 0.15) is 0 Å². The Morgan fingerprint density at radius 3 is 2.72 bits per heavy atom. The van der Waals surface area contributed by atoms with Gasteiger partial charge in [0.05, 0.1) is 0 Å². The SMILES string of the molecule is CSc1ccc(C(=O)C2CCCN(C(=O)CCc3c[nH]c4ccccc34)C2)cc1. The highest BCUT2D eigenvalue weighted by Crippen LogP contribution is 2.24. The number of H-pyrrole nitrogens is 1. The van der Waals surface area contributed by atoms with E-state index in [0.29, 0.717) is 19.4 Å². The number of Topliss-reactive ketones (excluding diaryl/α,β-unsaturated/α-hetero) is 1. The molecule has 1 saturated heterocycles. The van der Waals surface area contributed by atoms with E-state index in [4.69, 9.17) is 0 Å². The molecule has 5 heteroatoms. The number of piperidine rings is 1. The van der Waals surface area contributed by atoms with Gasteiger partial charge >= 0.3 is 0 Å². The molecule has 2 heterocycles. The number of fused-ring (bicyclic) bond motifs is 1. The third kappa shape index (κ3) is 4.40. The summed E-state index contributed by atoms with van der Waals surface area (Å²) in [6, 6.07) is 16.0. The molecule has 0 radical (unpaired) electrons. The summed E-state index contributed by atoms with van der Waals surface area (Å²) in [5.74, 6) is 0.207. The Hall–Kier alpha value is -2.53. The minimum absolute atomic E-state index is 0.0964. The van der Waals surface area contributed by atoms with Crippen LogP contribution in [0.25, 0.3) is 10.9 Å². The molecule has 4 nitrogen and oxygen atoms in total. The average Bonchev–Trinajstić information content (AvgIpc) is 3.20. The van der Waals surface area contributed by atoms with E-state index in [1.165, 1.54) is 10.9 Å². The maximum atomic E-state index is 12.9. The standard InChI is InChI=1S/C24H26N2O2S/c1-29-20-11-8-17(9-12-20)24(28)19-5-4-14-26(16-19)23(27)13-10-18-15-25-22-7-3-2-6-21(18)22/h2-3,6-9,11-12,15,19,25H,4-5,10,13-14,16H2,1H3. The van der Waals surface area contributed by atoms with E-state index in [0.717, 1.165) is 35.4 Å². The Morgan fingerprint density at radius 2 is 1.93 bits per heavy atom. The number of likely N-dealkylation sites (tertiary alicyclic amines) is 1. The molecule has 1 aliphatic rings. The lowest BCUT2D eigenvalue weighted by molar-refractivity contribution is -0.132. The van der Waals surface area contributed by atoms with Crippen molar-refractivity contribution in [2.24, 2.45) is 5.92 Å². The van der Waals surface area contributed by atoms with Gasteiger partial charge in [0.15, 0.2) is 5.78 Å². The van der Waals surface area contributed by atoms with Gasteiger partial charge < -0.3 is 9.88 Å². The van der Waals surface area contributed by atoms with Crippen molar-refractivity contribution in [2.45, 2.75) is 30.6 Å². The highest BCUT2D eigenvalue weighted by Gasteiger charge is 2.28. The van der Waals surface area contributed by atoms with Crippen LogP contribution in [0, 0.1) is 5.92 Å². The molecule has 1 fully saturated rings. The maximum Gasteiger partial charge on any atom is 0.222 e. The van der Waals surface area contributed by atoms with Gasteiger partial charge in [0, 0.05) is 53.0 Å². The minimum atomic E-state index is -0.0964. The van der Waals surface area contributed by atoms with Crippen LogP contribution < -0.4 is 0 Å². The molecule has 3 aromatic rings. The summed E-state index contributed by atoms with van der Waals surface area (Å²) < 4.78 is 0. The number of thioether (sulfide) groups is 1. The molecule has 0 spiro atoms. The van der Waals surface area contributed by atoms with Crippen LogP contribution in [0.5, 0.6) is 0 Å². The molecule has 1 amide bonds. The number of nitrogens with one attached hydrogen (secondary N) is 1. The predicted octanol–water partition coefficient (Wildman–Crippen LogP) is 4.94. The van der Waals surface area contributed by atoms with Crippen molar-refractivity contribution in [3.8, 4) is 0 Å². The quantitative estimate of drug-likeness (QED) is 0.466. The Kier molecular flexibility index (Phi) is 6.05. The van der Waals surface area contributed by atoms with E-state index in [1.807, 2.05) is 59.8 Å². The second-order valence-electron chi connectivity index (χ2n) is 7.63. The van der Waals surface area contributed by atoms with Gasteiger partial charge in [-0.1, -0.05) is 30.3 Å². The van der Waals surface area contributed by atoms with Gasteiger partial charge in [0.25, 0.3) is 0 Å². The monoisotopic (exact) mass is 406 g/mol. The Morgan fingerprint density at radius 1 is 1.14 bits per heavy atom. The second-order valence-corrected chi connectivity index (χ2v) is 8.51. The van der Waals surface area contributed by atoms with Gasteiger partial charge in [-0.05, 0) is 49.3 Å². The fourth-order valence-electron chi connectivity index (χ4n) is 4.15. The van der Waals surface area contributed by atoms with E-state index in [-0.39, 0.29) is 17.6 Å². The molecule has 1 aliphatic heterocycles. The molecular formula is C24H26N2O2S. The fraction of sp³-hybridized carbons (Fsp3) is 0.333. The van der Waals surface area contributed by atoms with Gasteiger partial charge in [-0.2, -0.15) is 0 Å². The average molecular weight is 407 g/mol. The zero-order valence-corrected chi connectivity index (χ0v) is 17.5. The van der Waals surface area contributed by atoms with Crippen molar-refractivity contribution < 1.29 is 9.59 Å². The predicted molar refractivity (Wildman–Crippen MR) is 118 cm³/mol. The molecule has 150 valence electrons. The Bertz CT molecular complexity index is 1010. The molecular weight excluding hydrogens is 380 g/mol. The van der Waals surface area contributed by atoms with Crippen LogP contribution in [0.15, 0.2) is 59.6 Å². The van der Waals surface area contributed by atoms with Crippen LogP contribution in [0.3, 0.4) is 0 Å². The number of ketones is 1. The summed E-state index contributed by atoms with van der Waals surface area (Å²) in [5.41, 5.74) is 3.03. The summed E-state index contributed by atoms with van der Waals surface area (Å²) in [5, 5.41) is 1.18. The maximum absolute atomic E-state index is 12.9. The van der Waals surface area contributed by atoms with E-state index in [1.54, 1.807) is 11.8 Å². The number of amides is 1. The molecule has 0 bridgehead atoms. The van der Waals surface area contributed by atoms with Crippen molar-refractivity contribution in [1.29, 1.82) is 0 Å². The second kappa shape index (κ2) is 8.87. The van der Waals surface area contributed by atoms with Gasteiger partial charge in [-0.25, -0.2) is 0 Å². The zero-order chi connectivity index (χ0) is 20.2. The van der Waals surface area contributed by atoms with Crippen molar-refractivity contribution in [2.75, 3.05) is 19.3 Å². The van der Waals surface area contributed by atoms with Crippen molar-refractivity contribution >= 4 is 34.4 Å². The Balaban J connectivity index is 1.37. The van der Waals surface area contributed by atoms with E-state index < -0.39 is 0 Å². The van der Waals surface area contributed by atoms with Crippen LogP contribution in [-0.4, -0.2) is 40.9 Å². The normalized spacial score (nSPS) is 16.9. The van der Waals surface area contributed by atoms with E-state index in [2.05, 4.69) is 11.1 Å². The topological polar surface area (TPSA) is 53.2 Å². The van der Waals surface area contributed by atoms with Gasteiger partial charge in [-0.15, -0.1) is 11.8 Å². The summed E-state index contributed by atoms with van der Waals surface area (Å²) in [6.45, 7) is 1.29. The number of nitrogens with zero attached hydrogens (tertiary/aromatic N) is 1. The number of carbonyl (C=O) groups excluding carboxylic acids is 2. The first-order valence-electron chi connectivity index (χ1n) is 10.2. The lowest BCUT2D eigenvalue weighted by atomic mass is 9.90. The van der Waals surface area contributed by atoms with Crippen molar-refractivity contribution in [3.05, 3.63) is 65.9 Å². The third-order valence-electron chi connectivity index (χ3n) is 5.80. The summed E-state index contributed by atoms with van der Waals surface area (Å²) in [7, 11) is 0. The number of rotatable bonds is 6. The van der Waals surface area contributed by atoms with E-state index in [9.17, 15) is 9.59 Å². The molecule has 1 atom stereocenters. The lowest BCUT2D eigenvalue weighted by Gasteiger charge is -2.32. The fourth-order valence-corrected chi connectivity index (χ4v) is 4.56. The molecule has 4 rings (SSSR count). The van der Waals surface area contributed by atoms with E-state index >= 15 is 0 Å². The molecule has 1 aromatic heterocycles. The number of carbonyl (C=O) groups is 2. The van der Waals surface area contributed by atoms with Crippen LogP contribution in [0.1, 0.15) is 35.2 Å². The number of para-hydroxylation sites is 1. The number of aromatic nitrogens is 1. The highest BCUT2D eigenvalue weighted by molar-refractivity contribution is 7.98. The number of aromatic amines is 1. The number of hydrogen-bond acceptors (Lipinski definition) is 3. The molecule has 29 heavy (non-hydrogen) atoms. The van der Waals surface area contributed by atoms with Crippen LogP contribution in [-0.2, 0) is 11.2 Å². The molecule has 2 aromatic carbocycles. The van der Waals surface area contributed by atoms with Crippen LogP contribution >= 0.6 is 11.8 Å². The first kappa shape index (κ1) is 19.8. The third-order valence-corrected chi connectivity index (χ3v) is 6.55. The summed E-state index contributed by atoms with van der Waals surface area (Å²) in [4.78, 5) is 32.0. The van der Waals surface area contributed by atoms with Crippen LogP contribution in [0.4, 0.5) is 0 Å². The van der Waals surface area contributed by atoms with Gasteiger partial charge in [0.2, 0.25) is 5.91 Å². The zero-order valence-electron chi connectivity index (χ0n) is 16.7. The minimum Gasteiger partial charge on any atom is -0.361 e. The number of benzene rings is 2. The molecule has 0 aliphatic carbocycles. The summed E-state index contributed by atoms with van der Waals surface area (Å²) in [6.07, 6.45) is 6.96. The molecule has 1 N–H and O–H groups in total. The number of aryl methyl sites for hydroxylation is 1. The van der Waals surface area contributed by atoms with Crippen molar-refractivity contribution in [1.82, 2.24) is 9.88 Å².